The first-order valence-corrected chi connectivity index (χ1v) is 8.74. The first kappa shape index (κ1) is 15.8. The summed E-state index contributed by atoms with van der Waals surface area (Å²) in [4.78, 5) is 30.7. The van der Waals surface area contributed by atoms with Crippen LogP contribution in [0, 0.1) is 5.92 Å². The summed E-state index contributed by atoms with van der Waals surface area (Å²) in [5.41, 5.74) is 0.933. The zero-order valence-corrected chi connectivity index (χ0v) is 13.9. The van der Waals surface area contributed by atoms with E-state index < -0.39 is 0 Å². The number of aromatic amines is 1. The molecule has 1 unspecified atom stereocenters. The van der Waals surface area contributed by atoms with Crippen molar-refractivity contribution >= 4 is 11.8 Å². The van der Waals surface area contributed by atoms with E-state index in [4.69, 9.17) is 0 Å². The molecule has 2 N–H and O–H groups in total. The Morgan fingerprint density at radius 1 is 1.24 bits per heavy atom. The van der Waals surface area contributed by atoms with Gasteiger partial charge in [0.1, 0.15) is 5.82 Å². The van der Waals surface area contributed by atoms with Gasteiger partial charge >= 0.3 is 0 Å². The molecule has 2 heterocycles. The molecule has 2 aromatic rings. The van der Waals surface area contributed by atoms with Crippen molar-refractivity contribution in [1.82, 2.24) is 25.4 Å². The molecular formula is C18H21N5O2. The fourth-order valence-electron chi connectivity index (χ4n) is 3.23. The highest BCUT2D eigenvalue weighted by Gasteiger charge is 2.38. The lowest BCUT2D eigenvalue weighted by Gasteiger charge is -2.31. The largest absolute Gasteiger partial charge is 0.349 e. The van der Waals surface area contributed by atoms with Crippen LogP contribution in [0.4, 0.5) is 0 Å². The standard InChI is InChI=1S/C18H21N5O2/c24-16-9-6-13(11-23(16)14-7-8-14)18(25)19-10-15-20-17(22-21-15)12-4-2-1-3-5-12/h1-5,13-14H,6-11H2,(H,19,25)(H,20,21,22). The Kier molecular flexibility index (Phi) is 4.21. The van der Waals surface area contributed by atoms with Gasteiger partial charge in [0.15, 0.2) is 5.82 Å². The van der Waals surface area contributed by atoms with Gasteiger partial charge in [-0.25, -0.2) is 4.98 Å². The lowest BCUT2D eigenvalue weighted by Crippen LogP contribution is -2.46. The van der Waals surface area contributed by atoms with E-state index in [2.05, 4.69) is 20.5 Å². The Hall–Kier alpha value is -2.70. The van der Waals surface area contributed by atoms with E-state index in [0.29, 0.717) is 43.6 Å². The van der Waals surface area contributed by atoms with Crippen LogP contribution in [0.1, 0.15) is 31.5 Å². The molecule has 130 valence electrons. The number of H-pyrrole nitrogens is 1. The molecule has 0 bridgehead atoms. The van der Waals surface area contributed by atoms with E-state index in [-0.39, 0.29) is 17.7 Å². The van der Waals surface area contributed by atoms with E-state index in [1.807, 2.05) is 35.2 Å². The van der Waals surface area contributed by atoms with Gasteiger partial charge in [0.25, 0.3) is 0 Å². The lowest BCUT2D eigenvalue weighted by atomic mass is 9.96. The van der Waals surface area contributed by atoms with Gasteiger partial charge in [-0.15, -0.1) is 0 Å². The van der Waals surface area contributed by atoms with Crippen molar-refractivity contribution in [3.63, 3.8) is 0 Å². The molecule has 1 saturated heterocycles. The molecule has 1 aliphatic heterocycles. The molecule has 2 amide bonds. The van der Waals surface area contributed by atoms with Crippen LogP contribution >= 0.6 is 0 Å². The molecule has 1 aromatic heterocycles. The number of piperidine rings is 1. The van der Waals surface area contributed by atoms with Crippen molar-refractivity contribution in [2.24, 2.45) is 5.92 Å². The minimum Gasteiger partial charge on any atom is -0.349 e. The molecule has 25 heavy (non-hydrogen) atoms. The van der Waals surface area contributed by atoms with Crippen LogP contribution in [0.15, 0.2) is 30.3 Å². The summed E-state index contributed by atoms with van der Waals surface area (Å²) in [5, 5.41) is 9.97. The molecule has 4 rings (SSSR count). The maximum atomic E-state index is 12.4. The van der Waals surface area contributed by atoms with Gasteiger partial charge in [0, 0.05) is 24.6 Å². The van der Waals surface area contributed by atoms with E-state index in [1.54, 1.807) is 0 Å². The number of benzene rings is 1. The third-order valence-electron chi connectivity index (χ3n) is 4.80. The Balaban J connectivity index is 1.33. The molecule has 7 heteroatoms. The topological polar surface area (TPSA) is 91.0 Å². The summed E-state index contributed by atoms with van der Waals surface area (Å²) in [6, 6.07) is 10.1. The van der Waals surface area contributed by atoms with Gasteiger partial charge in [-0.1, -0.05) is 30.3 Å². The summed E-state index contributed by atoms with van der Waals surface area (Å²) in [5.74, 6) is 1.28. The maximum Gasteiger partial charge on any atom is 0.225 e. The molecule has 0 spiro atoms. The van der Waals surface area contributed by atoms with E-state index in [1.165, 1.54) is 0 Å². The molecule has 1 aromatic carbocycles. The molecule has 2 aliphatic rings. The normalized spacial score (nSPS) is 20.6. The van der Waals surface area contributed by atoms with E-state index in [9.17, 15) is 9.59 Å². The van der Waals surface area contributed by atoms with Crippen LogP contribution in [-0.2, 0) is 16.1 Å². The summed E-state index contributed by atoms with van der Waals surface area (Å²) in [6.07, 6.45) is 3.23. The minimum absolute atomic E-state index is 0.0178. The number of likely N-dealkylation sites (tertiary alicyclic amines) is 1. The number of carbonyl (C=O) groups is 2. The van der Waals surface area contributed by atoms with Crippen molar-refractivity contribution in [3.05, 3.63) is 36.2 Å². The smallest absolute Gasteiger partial charge is 0.225 e. The van der Waals surface area contributed by atoms with Crippen molar-refractivity contribution in [1.29, 1.82) is 0 Å². The van der Waals surface area contributed by atoms with Gasteiger partial charge in [0.05, 0.1) is 12.5 Å². The minimum atomic E-state index is -0.130. The predicted molar refractivity (Wildman–Crippen MR) is 91.1 cm³/mol. The van der Waals surface area contributed by atoms with Crippen LogP contribution in [0.3, 0.4) is 0 Å². The molecule has 1 aliphatic carbocycles. The van der Waals surface area contributed by atoms with Gasteiger partial charge in [0.2, 0.25) is 11.8 Å². The number of hydrogen-bond donors (Lipinski definition) is 2. The van der Waals surface area contributed by atoms with Crippen LogP contribution in [0.2, 0.25) is 0 Å². The predicted octanol–water partition coefficient (Wildman–Crippen LogP) is 1.49. The van der Waals surface area contributed by atoms with Crippen LogP contribution < -0.4 is 5.32 Å². The third-order valence-corrected chi connectivity index (χ3v) is 4.80. The fraction of sp³-hybridized carbons (Fsp3) is 0.444. The highest BCUT2D eigenvalue weighted by atomic mass is 16.2. The molecule has 2 fully saturated rings. The molecule has 7 nitrogen and oxygen atoms in total. The maximum absolute atomic E-state index is 12.4. The number of nitrogens with one attached hydrogen (secondary N) is 2. The summed E-state index contributed by atoms with van der Waals surface area (Å²) < 4.78 is 0. The van der Waals surface area contributed by atoms with Gasteiger partial charge < -0.3 is 10.2 Å². The first-order chi connectivity index (χ1) is 12.2. The number of nitrogens with zero attached hydrogens (tertiary/aromatic N) is 3. The summed E-state index contributed by atoms with van der Waals surface area (Å²) in [7, 11) is 0. The summed E-state index contributed by atoms with van der Waals surface area (Å²) >= 11 is 0. The molecular weight excluding hydrogens is 318 g/mol. The zero-order chi connectivity index (χ0) is 17.2. The van der Waals surface area contributed by atoms with Crippen LogP contribution in [0.5, 0.6) is 0 Å². The van der Waals surface area contributed by atoms with Crippen molar-refractivity contribution in [2.75, 3.05) is 6.54 Å². The molecule has 0 radical (unpaired) electrons. The Bertz CT molecular complexity index is 769. The van der Waals surface area contributed by atoms with Crippen molar-refractivity contribution in [2.45, 2.75) is 38.3 Å². The SMILES string of the molecule is O=C(NCc1nc(-c2ccccc2)n[nH]1)C1CCC(=O)N(C2CC2)C1. The zero-order valence-electron chi connectivity index (χ0n) is 13.9. The highest BCUT2D eigenvalue weighted by Crippen LogP contribution is 2.31. The second kappa shape index (κ2) is 6.66. The van der Waals surface area contributed by atoms with Crippen LogP contribution in [-0.4, -0.2) is 44.5 Å². The Morgan fingerprint density at radius 3 is 2.80 bits per heavy atom. The average molecular weight is 339 g/mol. The molecule has 1 atom stereocenters. The average Bonchev–Trinajstić information content (AvgIpc) is 3.38. The molecule has 1 saturated carbocycles. The lowest BCUT2D eigenvalue weighted by molar-refractivity contribution is -0.138. The fourth-order valence-corrected chi connectivity index (χ4v) is 3.23. The van der Waals surface area contributed by atoms with Crippen molar-refractivity contribution in [3.8, 4) is 11.4 Å². The number of amides is 2. The number of aromatic nitrogens is 3. The second-order valence-electron chi connectivity index (χ2n) is 6.70. The Labute approximate surface area is 145 Å². The quantitative estimate of drug-likeness (QED) is 0.863. The van der Waals surface area contributed by atoms with E-state index in [0.717, 1.165) is 18.4 Å². The van der Waals surface area contributed by atoms with E-state index >= 15 is 0 Å². The number of carbonyl (C=O) groups excluding carboxylic acids is 2. The Morgan fingerprint density at radius 2 is 2.04 bits per heavy atom. The van der Waals surface area contributed by atoms with Gasteiger partial charge in [-0.05, 0) is 19.3 Å². The van der Waals surface area contributed by atoms with Gasteiger partial charge in [-0.3, -0.25) is 14.7 Å². The first-order valence-electron chi connectivity index (χ1n) is 8.74. The number of rotatable bonds is 5. The third kappa shape index (κ3) is 3.55. The summed E-state index contributed by atoms with van der Waals surface area (Å²) in [6.45, 7) is 0.855. The monoisotopic (exact) mass is 339 g/mol. The second-order valence-corrected chi connectivity index (χ2v) is 6.70. The van der Waals surface area contributed by atoms with Crippen molar-refractivity contribution < 1.29 is 9.59 Å². The van der Waals surface area contributed by atoms with Gasteiger partial charge in [-0.2, -0.15) is 5.10 Å². The van der Waals surface area contributed by atoms with Crippen LogP contribution in [0.25, 0.3) is 11.4 Å². The number of hydrogen-bond acceptors (Lipinski definition) is 4. The highest BCUT2D eigenvalue weighted by molar-refractivity contribution is 5.84.